The Morgan fingerprint density at radius 1 is 1.05 bits per heavy atom. The number of benzene rings is 1. The lowest BCUT2D eigenvalue weighted by molar-refractivity contribution is 0.134. The average Bonchev–Trinajstić information content (AvgIpc) is 2.79. The van der Waals surface area contributed by atoms with Gasteiger partial charge in [-0.25, -0.2) is 0 Å². The molecule has 1 aromatic rings. The van der Waals surface area contributed by atoms with Gasteiger partial charge < -0.3 is 10.1 Å². The molecule has 0 unspecified atom stereocenters. The van der Waals surface area contributed by atoms with E-state index in [4.69, 9.17) is 4.74 Å². The Balaban J connectivity index is 1.63. The fourth-order valence-corrected chi connectivity index (χ4v) is 2.48. The normalized spacial score (nSPS) is 14.7. The van der Waals surface area contributed by atoms with Gasteiger partial charge in [-0.05, 0) is 63.3 Å². The third-order valence-electron chi connectivity index (χ3n) is 3.58. The molecule has 0 radical (unpaired) electrons. The summed E-state index contributed by atoms with van der Waals surface area (Å²) in [5, 5.41) is 3.54. The number of rotatable bonds is 6. The Morgan fingerprint density at radius 2 is 1.84 bits per heavy atom. The second-order valence-corrected chi connectivity index (χ2v) is 6.58. The third-order valence-corrected chi connectivity index (χ3v) is 3.58. The SMILES string of the molecule is CC(C)(C)NCCCCCc1ccc2c(c1)COC2. The van der Waals surface area contributed by atoms with Gasteiger partial charge in [0.2, 0.25) is 0 Å². The van der Waals surface area contributed by atoms with Gasteiger partial charge in [-0.3, -0.25) is 0 Å². The van der Waals surface area contributed by atoms with Crippen molar-refractivity contribution in [2.24, 2.45) is 0 Å². The molecule has 106 valence electrons. The predicted octanol–water partition coefficient (Wildman–Crippen LogP) is 3.82. The maximum atomic E-state index is 5.45. The van der Waals surface area contributed by atoms with E-state index >= 15 is 0 Å². The Kier molecular flexibility index (Phi) is 5.00. The molecule has 0 fully saturated rings. The van der Waals surface area contributed by atoms with Crippen LogP contribution in [0.25, 0.3) is 0 Å². The quantitative estimate of drug-likeness (QED) is 0.786. The first-order chi connectivity index (χ1) is 9.04. The van der Waals surface area contributed by atoms with E-state index in [9.17, 15) is 0 Å². The molecule has 2 rings (SSSR count). The number of nitrogens with one attached hydrogen (secondary N) is 1. The van der Waals surface area contributed by atoms with Crippen LogP contribution in [0.4, 0.5) is 0 Å². The molecule has 2 heteroatoms. The van der Waals surface area contributed by atoms with E-state index in [1.807, 2.05) is 0 Å². The van der Waals surface area contributed by atoms with Gasteiger partial charge in [-0.2, -0.15) is 0 Å². The molecule has 0 amide bonds. The maximum Gasteiger partial charge on any atom is 0.0725 e. The highest BCUT2D eigenvalue weighted by Gasteiger charge is 2.11. The molecule has 1 aliphatic heterocycles. The van der Waals surface area contributed by atoms with Crippen molar-refractivity contribution in [2.75, 3.05) is 6.54 Å². The van der Waals surface area contributed by atoms with E-state index in [1.165, 1.54) is 42.4 Å². The van der Waals surface area contributed by atoms with Crippen LogP contribution in [0.2, 0.25) is 0 Å². The Hall–Kier alpha value is -0.860. The van der Waals surface area contributed by atoms with Gasteiger partial charge in [-0.15, -0.1) is 0 Å². The second kappa shape index (κ2) is 6.53. The molecule has 0 aromatic heterocycles. The third kappa shape index (κ3) is 4.96. The summed E-state index contributed by atoms with van der Waals surface area (Å²) in [7, 11) is 0. The van der Waals surface area contributed by atoms with Crippen molar-refractivity contribution in [2.45, 2.75) is 65.2 Å². The monoisotopic (exact) mass is 261 g/mol. The van der Waals surface area contributed by atoms with Crippen LogP contribution in [-0.4, -0.2) is 12.1 Å². The van der Waals surface area contributed by atoms with Crippen LogP contribution in [0.5, 0.6) is 0 Å². The fourth-order valence-electron chi connectivity index (χ4n) is 2.48. The van der Waals surface area contributed by atoms with Crippen molar-refractivity contribution in [1.82, 2.24) is 5.32 Å². The van der Waals surface area contributed by atoms with E-state index in [-0.39, 0.29) is 5.54 Å². The minimum atomic E-state index is 0.250. The van der Waals surface area contributed by atoms with E-state index in [1.54, 1.807) is 0 Å². The van der Waals surface area contributed by atoms with Crippen molar-refractivity contribution < 1.29 is 4.74 Å². The van der Waals surface area contributed by atoms with Gasteiger partial charge in [0.1, 0.15) is 0 Å². The minimum Gasteiger partial charge on any atom is -0.372 e. The van der Waals surface area contributed by atoms with Crippen LogP contribution < -0.4 is 5.32 Å². The smallest absolute Gasteiger partial charge is 0.0725 e. The van der Waals surface area contributed by atoms with Gasteiger partial charge in [0.15, 0.2) is 0 Å². The van der Waals surface area contributed by atoms with E-state index < -0.39 is 0 Å². The highest BCUT2D eigenvalue weighted by atomic mass is 16.5. The Labute approximate surface area is 117 Å². The zero-order valence-electron chi connectivity index (χ0n) is 12.6. The topological polar surface area (TPSA) is 21.3 Å². The zero-order chi connectivity index (χ0) is 13.7. The highest BCUT2D eigenvalue weighted by Crippen LogP contribution is 2.21. The number of hydrogen-bond acceptors (Lipinski definition) is 2. The number of hydrogen-bond donors (Lipinski definition) is 1. The lowest BCUT2D eigenvalue weighted by Gasteiger charge is -2.20. The van der Waals surface area contributed by atoms with Crippen LogP contribution in [0, 0.1) is 0 Å². The van der Waals surface area contributed by atoms with Gasteiger partial charge in [0.25, 0.3) is 0 Å². The summed E-state index contributed by atoms with van der Waals surface area (Å²) in [5.41, 5.74) is 4.48. The van der Waals surface area contributed by atoms with Gasteiger partial charge in [0, 0.05) is 5.54 Å². The number of ether oxygens (including phenoxy) is 1. The van der Waals surface area contributed by atoms with Gasteiger partial charge in [0.05, 0.1) is 13.2 Å². The minimum absolute atomic E-state index is 0.250. The summed E-state index contributed by atoms with van der Waals surface area (Å²) in [6.45, 7) is 9.40. The number of unbranched alkanes of at least 4 members (excludes halogenated alkanes) is 2. The summed E-state index contributed by atoms with van der Waals surface area (Å²) in [6, 6.07) is 6.83. The van der Waals surface area contributed by atoms with E-state index in [0.29, 0.717) is 0 Å². The molecule has 1 heterocycles. The van der Waals surface area contributed by atoms with Crippen molar-refractivity contribution in [3.05, 3.63) is 34.9 Å². The Morgan fingerprint density at radius 3 is 2.63 bits per heavy atom. The summed E-state index contributed by atoms with van der Waals surface area (Å²) in [6.07, 6.45) is 5.05. The predicted molar refractivity (Wildman–Crippen MR) is 80.2 cm³/mol. The summed E-state index contributed by atoms with van der Waals surface area (Å²) in [4.78, 5) is 0. The summed E-state index contributed by atoms with van der Waals surface area (Å²) in [5.74, 6) is 0. The molecular weight excluding hydrogens is 234 g/mol. The molecule has 0 atom stereocenters. The van der Waals surface area contributed by atoms with Gasteiger partial charge in [-0.1, -0.05) is 24.6 Å². The molecular formula is C17H27NO. The average molecular weight is 261 g/mol. The van der Waals surface area contributed by atoms with Gasteiger partial charge >= 0.3 is 0 Å². The molecule has 1 aliphatic rings. The molecule has 2 nitrogen and oxygen atoms in total. The molecule has 0 spiro atoms. The molecule has 1 N–H and O–H groups in total. The first-order valence-electron chi connectivity index (χ1n) is 7.48. The zero-order valence-corrected chi connectivity index (χ0v) is 12.6. The number of fused-ring (bicyclic) bond motifs is 1. The fraction of sp³-hybridized carbons (Fsp3) is 0.647. The first-order valence-corrected chi connectivity index (χ1v) is 7.48. The standard InChI is InChI=1S/C17H27NO/c1-17(2,3)18-10-6-4-5-7-14-8-9-15-12-19-13-16(15)11-14/h8-9,11,18H,4-7,10,12-13H2,1-3H3. The molecule has 0 bridgehead atoms. The second-order valence-electron chi connectivity index (χ2n) is 6.58. The first kappa shape index (κ1) is 14.5. The lowest BCUT2D eigenvalue weighted by Crippen LogP contribution is -2.36. The maximum absolute atomic E-state index is 5.45. The highest BCUT2D eigenvalue weighted by molar-refractivity contribution is 5.33. The molecule has 0 aliphatic carbocycles. The van der Waals surface area contributed by atoms with Crippen molar-refractivity contribution in [3.63, 3.8) is 0 Å². The van der Waals surface area contributed by atoms with Crippen LogP contribution in [-0.2, 0) is 24.4 Å². The van der Waals surface area contributed by atoms with Crippen molar-refractivity contribution in [3.8, 4) is 0 Å². The largest absolute Gasteiger partial charge is 0.372 e. The Bertz CT molecular complexity index is 406. The van der Waals surface area contributed by atoms with E-state index in [0.717, 1.165) is 19.8 Å². The lowest BCUT2D eigenvalue weighted by atomic mass is 10.0. The molecule has 0 saturated carbocycles. The number of aryl methyl sites for hydroxylation is 1. The molecule has 19 heavy (non-hydrogen) atoms. The summed E-state index contributed by atoms with van der Waals surface area (Å²) >= 11 is 0. The summed E-state index contributed by atoms with van der Waals surface area (Å²) < 4.78 is 5.45. The van der Waals surface area contributed by atoms with Crippen molar-refractivity contribution >= 4 is 0 Å². The van der Waals surface area contributed by atoms with Crippen LogP contribution in [0.1, 0.15) is 56.7 Å². The van der Waals surface area contributed by atoms with Crippen LogP contribution >= 0.6 is 0 Å². The van der Waals surface area contributed by atoms with Crippen LogP contribution in [0.15, 0.2) is 18.2 Å². The van der Waals surface area contributed by atoms with E-state index in [2.05, 4.69) is 44.3 Å². The van der Waals surface area contributed by atoms with Crippen LogP contribution in [0.3, 0.4) is 0 Å². The van der Waals surface area contributed by atoms with Crippen molar-refractivity contribution in [1.29, 1.82) is 0 Å². The molecule has 0 saturated heterocycles. The molecule has 1 aromatic carbocycles.